The average molecular weight is 289 g/mol. The molecule has 0 radical (unpaired) electrons. The van der Waals surface area contributed by atoms with Gasteiger partial charge >= 0.3 is 0 Å². The molecule has 4 atom stereocenters. The molecular formula is C15H32N2OS. The summed E-state index contributed by atoms with van der Waals surface area (Å²) in [6.07, 6.45) is 5.30. The van der Waals surface area contributed by atoms with E-state index in [4.69, 9.17) is 0 Å². The zero-order valence-electron chi connectivity index (χ0n) is 13.3. The van der Waals surface area contributed by atoms with Crippen molar-refractivity contribution in [2.24, 2.45) is 5.92 Å². The molecule has 3 nitrogen and oxygen atoms in total. The topological polar surface area (TPSA) is 32.3 Å². The number of hydrogen-bond acceptors (Lipinski definition) is 3. The van der Waals surface area contributed by atoms with Gasteiger partial charge in [0.2, 0.25) is 0 Å². The largest absolute Gasteiger partial charge is 0.311 e. The predicted octanol–water partition coefficient (Wildman–Crippen LogP) is 2.24. The Morgan fingerprint density at radius 1 is 1.37 bits per heavy atom. The Labute approximate surface area is 122 Å². The zero-order chi connectivity index (χ0) is 14.4. The summed E-state index contributed by atoms with van der Waals surface area (Å²) in [7, 11) is -0.664. The van der Waals surface area contributed by atoms with Crippen molar-refractivity contribution in [2.45, 2.75) is 65.1 Å². The van der Waals surface area contributed by atoms with Crippen molar-refractivity contribution in [1.29, 1.82) is 0 Å². The number of nitrogens with zero attached hydrogens (tertiary/aromatic N) is 1. The fourth-order valence-corrected chi connectivity index (χ4v) is 3.71. The summed E-state index contributed by atoms with van der Waals surface area (Å²) in [5.41, 5.74) is 0. The second-order valence-corrected chi connectivity index (χ2v) is 7.96. The van der Waals surface area contributed by atoms with Gasteiger partial charge in [-0.15, -0.1) is 0 Å². The minimum absolute atomic E-state index is 0.547. The van der Waals surface area contributed by atoms with E-state index < -0.39 is 10.8 Å². The van der Waals surface area contributed by atoms with E-state index in [1.807, 2.05) is 6.26 Å². The Kier molecular flexibility index (Phi) is 7.55. The van der Waals surface area contributed by atoms with Crippen LogP contribution >= 0.6 is 0 Å². The monoisotopic (exact) mass is 288 g/mol. The van der Waals surface area contributed by atoms with Crippen LogP contribution < -0.4 is 5.32 Å². The summed E-state index contributed by atoms with van der Waals surface area (Å²) >= 11 is 0. The van der Waals surface area contributed by atoms with Crippen molar-refractivity contribution < 1.29 is 4.21 Å². The highest BCUT2D eigenvalue weighted by Crippen LogP contribution is 2.19. The van der Waals surface area contributed by atoms with E-state index in [2.05, 4.69) is 37.9 Å². The van der Waals surface area contributed by atoms with Gasteiger partial charge in [-0.3, -0.25) is 9.11 Å². The molecular weight excluding hydrogens is 256 g/mol. The third kappa shape index (κ3) is 5.92. The number of piperazine rings is 1. The van der Waals surface area contributed by atoms with Crippen molar-refractivity contribution >= 4 is 10.8 Å². The smallest absolute Gasteiger partial charge is 0.0246 e. The Bertz CT molecular complexity index is 283. The SMILES string of the molecule is CCC1CNC(CC(C)C)CN1C(C)CCS(C)=O. The molecule has 1 heterocycles. The van der Waals surface area contributed by atoms with E-state index in [0.29, 0.717) is 18.1 Å². The van der Waals surface area contributed by atoms with Crippen molar-refractivity contribution in [3.8, 4) is 0 Å². The molecule has 4 heteroatoms. The fraction of sp³-hybridized carbons (Fsp3) is 1.00. The first-order valence-electron chi connectivity index (χ1n) is 7.73. The maximum Gasteiger partial charge on any atom is 0.0246 e. The first-order valence-corrected chi connectivity index (χ1v) is 9.45. The van der Waals surface area contributed by atoms with Crippen molar-refractivity contribution in [3.63, 3.8) is 0 Å². The summed E-state index contributed by atoms with van der Waals surface area (Å²) in [4.78, 5) is 2.65. The van der Waals surface area contributed by atoms with Gasteiger partial charge in [-0.2, -0.15) is 0 Å². The fourth-order valence-electron chi connectivity index (χ4n) is 3.04. The molecule has 0 bridgehead atoms. The molecule has 114 valence electrons. The van der Waals surface area contributed by atoms with Gasteiger partial charge in [0.15, 0.2) is 0 Å². The van der Waals surface area contributed by atoms with Gasteiger partial charge < -0.3 is 5.32 Å². The Hall–Kier alpha value is 0.0700. The number of rotatable bonds is 7. The van der Waals surface area contributed by atoms with Gasteiger partial charge in [0.1, 0.15) is 0 Å². The second kappa shape index (κ2) is 8.38. The Morgan fingerprint density at radius 2 is 2.05 bits per heavy atom. The third-order valence-electron chi connectivity index (χ3n) is 4.16. The van der Waals surface area contributed by atoms with Crippen LogP contribution in [0.1, 0.15) is 47.0 Å². The van der Waals surface area contributed by atoms with Crippen molar-refractivity contribution in [1.82, 2.24) is 10.2 Å². The predicted molar refractivity (Wildman–Crippen MR) is 85.0 cm³/mol. The molecule has 0 aromatic heterocycles. The third-order valence-corrected chi connectivity index (χ3v) is 4.97. The molecule has 1 saturated heterocycles. The standard InChI is InChI=1S/C15H32N2OS/c1-6-15-10-16-14(9-12(2)3)11-17(15)13(4)7-8-19(5)18/h12-16H,6-11H2,1-5H3. The van der Waals surface area contributed by atoms with E-state index in [-0.39, 0.29) is 0 Å². The van der Waals surface area contributed by atoms with Gasteiger partial charge in [-0.05, 0) is 32.1 Å². The van der Waals surface area contributed by atoms with Gasteiger partial charge in [0.05, 0.1) is 0 Å². The minimum Gasteiger partial charge on any atom is -0.311 e. The minimum atomic E-state index is -0.664. The molecule has 1 fully saturated rings. The summed E-state index contributed by atoms with van der Waals surface area (Å²) < 4.78 is 11.3. The summed E-state index contributed by atoms with van der Waals surface area (Å²) in [6.45, 7) is 11.4. The van der Waals surface area contributed by atoms with Crippen LogP contribution in [0.4, 0.5) is 0 Å². The van der Waals surface area contributed by atoms with E-state index in [1.54, 1.807) is 0 Å². The van der Waals surface area contributed by atoms with Crippen molar-refractivity contribution in [2.75, 3.05) is 25.1 Å². The lowest BCUT2D eigenvalue weighted by atomic mass is 9.97. The molecule has 0 saturated carbocycles. The molecule has 1 aliphatic heterocycles. The van der Waals surface area contributed by atoms with Crippen LogP contribution in [0, 0.1) is 5.92 Å². The van der Waals surface area contributed by atoms with E-state index >= 15 is 0 Å². The molecule has 0 spiro atoms. The molecule has 19 heavy (non-hydrogen) atoms. The molecule has 0 aromatic rings. The number of hydrogen-bond donors (Lipinski definition) is 1. The Morgan fingerprint density at radius 3 is 2.58 bits per heavy atom. The van der Waals surface area contributed by atoms with Gasteiger partial charge in [0.25, 0.3) is 0 Å². The maximum atomic E-state index is 11.3. The normalized spacial score (nSPS) is 28.5. The number of nitrogens with one attached hydrogen (secondary N) is 1. The first-order chi connectivity index (χ1) is 8.93. The van der Waals surface area contributed by atoms with Crippen LogP contribution in [0.15, 0.2) is 0 Å². The molecule has 1 N–H and O–H groups in total. The quantitative estimate of drug-likeness (QED) is 0.780. The molecule has 0 amide bonds. The lowest BCUT2D eigenvalue weighted by Gasteiger charge is -2.44. The summed E-state index contributed by atoms with van der Waals surface area (Å²) in [5.74, 6) is 1.58. The maximum absolute atomic E-state index is 11.3. The summed E-state index contributed by atoms with van der Waals surface area (Å²) in [5, 5.41) is 3.70. The molecule has 0 aliphatic carbocycles. The molecule has 4 unspecified atom stereocenters. The zero-order valence-corrected chi connectivity index (χ0v) is 14.1. The second-order valence-electron chi connectivity index (χ2n) is 6.41. The highest BCUT2D eigenvalue weighted by molar-refractivity contribution is 7.84. The lowest BCUT2D eigenvalue weighted by molar-refractivity contribution is 0.0792. The Balaban J connectivity index is 2.55. The lowest BCUT2D eigenvalue weighted by Crippen LogP contribution is -2.59. The van der Waals surface area contributed by atoms with Crippen LogP contribution in [0.2, 0.25) is 0 Å². The first kappa shape index (κ1) is 17.1. The van der Waals surface area contributed by atoms with Crippen molar-refractivity contribution in [3.05, 3.63) is 0 Å². The molecule has 0 aromatic carbocycles. The summed E-state index contributed by atoms with van der Waals surface area (Å²) in [6, 6.07) is 1.81. The highest BCUT2D eigenvalue weighted by atomic mass is 32.2. The highest BCUT2D eigenvalue weighted by Gasteiger charge is 2.30. The molecule has 1 rings (SSSR count). The van der Waals surface area contributed by atoms with Gasteiger partial charge in [0, 0.05) is 54.0 Å². The van der Waals surface area contributed by atoms with E-state index in [0.717, 1.165) is 31.2 Å². The van der Waals surface area contributed by atoms with Gasteiger partial charge in [-0.25, -0.2) is 0 Å². The van der Waals surface area contributed by atoms with Crippen LogP contribution in [-0.2, 0) is 10.8 Å². The van der Waals surface area contributed by atoms with Crippen LogP contribution in [0.3, 0.4) is 0 Å². The van der Waals surface area contributed by atoms with Crippen LogP contribution in [0.5, 0.6) is 0 Å². The average Bonchev–Trinajstić information content (AvgIpc) is 2.35. The van der Waals surface area contributed by atoms with E-state index in [1.165, 1.54) is 12.8 Å². The van der Waals surface area contributed by atoms with E-state index in [9.17, 15) is 4.21 Å². The van der Waals surface area contributed by atoms with Crippen LogP contribution in [0.25, 0.3) is 0 Å². The van der Waals surface area contributed by atoms with Gasteiger partial charge in [-0.1, -0.05) is 20.8 Å². The molecule has 1 aliphatic rings. The van der Waals surface area contributed by atoms with Crippen LogP contribution in [-0.4, -0.2) is 52.3 Å².